The van der Waals surface area contributed by atoms with E-state index in [9.17, 15) is 9.90 Å². The Hall–Kier alpha value is -2.73. The van der Waals surface area contributed by atoms with E-state index in [1.54, 1.807) is 0 Å². The lowest BCUT2D eigenvalue weighted by Crippen LogP contribution is -2.53. The quantitative estimate of drug-likeness (QED) is 0.579. The maximum absolute atomic E-state index is 12.2. The minimum atomic E-state index is -0.875. The molecule has 0 amide bonds. The Kier molecular flexibility index (Phi) is 6.56. The maximum atomic E-state index is 12.2. The van der Waals surface area contributed by atoms with Crippen molar-refractivity contribution in [1.29, 1.82) is 0 Å². The highest BCUT2D eigenvalue weighted by atomic mass is 16.6. The predicted molar refractivity (Wildman–Crippen MR) is 130 cm³/mol. The molecule has 0 bridgehead atoms. The minimum absolute atomic E-state index is 0.0536. The Morgan fingerprint density at radius 2 is 1.76 bits per heavy atom. The molecule has 0 spiro atoms. The largest absolute Gasteiger partial charge is 0.494 e. The van der Waals surface area contributed by atoms with Gasteiger partial charge in [-0.3, -0.25) is 4.79 Å². The zero-order valence-corrected chi connectivity index (χ0v) is 21.0. The lowest BCUT2D eigenvalue weighted by atomic mass is 9.72. The van der Waals surface area contributed by atoms with Gasteiger partial charge in [-0.05, 0) is 68.5 Å². The summed E-state index contributed by atoms with van der Waals surface area (Å²) in [5, 5.41) is 10.0. The number of benzene rings is 2. The van der Waals surface area contributed by atoms with Crippen LogP contribution in [0.15, 0.2) is 42.5 Å². The standard InChI is InChI=1S/C28H36O6/c1-7-31-19-12-13-23-20(14-19)25-22(28(5,6)34-23)15-21(26(29)30)24(33-25)16-32-18-10-8-17(9-11-18)27(2,3)4/h8-14,21-22,24-25H,7,15-16H2,1-6H3,(H,29,30)/t21-,22-,24-,25+/m0/s1. The normalized spacial score (nSPS) is 25.5. The maximum Gasteiger partial charge on any atom is 0.309 e. The average Bonchev–Trinajstić information content (AvgIpc) is 2.77. The first-order chi connectivity index (χ1) is 16.0. The summed E-state index contributed by atoms with van der Waals surface area (Å²) in [5.74, 6) is 0.531. The zero-order chi connectivity index (χ0) is 24.7. The zero-order valence-electron chi connectivity index (χ0n) is 21.0. The summed E-state index contributed by atoms with van der Waals surface area (Å²) >= 11 is 0. The third kappa shape index (κ3) is 4.88. The number of hydrogen-bond donors (Lipinski definition) is 1. The molecule has 2 aliphatic rings. The predicted octanol–water partition coefficient (Wildman–Crippen LogP) is 5.78. The third-order valence-electron chi connectivity index (χ3n) is 6.96. The smallest absolute Gasteiger partial charge is 0.309 e. The molecule has 0 aliphatic carbocycles. The summed E-state index contributed by atoms with van der Waals surface area (Å²) in [7, 11) is 0. The molecule has 6 heteroatoms. The highest BCUT2D eigenvalue weighted by Gasteiger charge is 2.52. The van der Waals surface area contributed by atoms with Crippen molar-refractivity contribution in [3.8, 4) is 17.2 Å². The molecule has 0 saturated carbocycles. The number of fused-ring (bicyclic) bond motifs is 3. The van der Waals surface area contributed by atoms with E-state index in [-0.39, 0.29) is 24.0 Å². The van der Waals surface area contributed by atoms with Gasteiger partial charge in [0.2, 0.25) is 0 Å². The van der Waals surface area contributed by atoms with E-state index in [2.05, 4.69) is 20.8 Å². The van der Waals surface area contributed by atoms with Crippen LogP contribution < -0.4 is 14.2 Å². The summed E-state index contributed by atoms with van der Waals surface area (Å²) in [4.78, 5) is 12.2. The fourth-order valence-corrected chi connectivity index (χ4v) is 4.97. The van der Waals surface area contributed by atoms with Crippen molar-refractivity contribution >= 4 is 5.97 Å². The average molecular weight is 469 g/mol. The summed E-state index contributed by atoms with van der Waals surface area (Å²) in [6.45, 7) is 13.2. The molecule has 2 heterocycles. The van der Waals surface area contributed by atoms with Crippen LogP contribution in [0.25, 0.3) is 0 Å². The number of hydrogen-bond acceptors (Lipinski definition) is 5. The molecular weight excluding hydrogens is 432 g/mol. The van der Waals surface area contributed by atoms with Crippen LogP contribution in [-0.4, -0.2) is 36.0 Å². The van der Waals surface area contributed by atoms with Crippen LogP contribution in [0.4, 0.5) is 0 Å². The molecule has 1 saturated heterocycles. The van der Waals surface area contributed by atoms with Gasteiger partial charge in [0.25, 0.3) is 0 Å². The third-order valence-corrected chi connectivity index (χ3v) is 6.96. The second-order valence-electron chi connectivity index (χ2n) is 10.8. The Labute approximate surface area is 202 Å². The molecule has 0 unspecified atom stereocenters. The molecule has 1 fully saturated rings. The molecule has 2 aliphatic heterocycles. The molecule has 184 valence electrons. The fourth-order valence-electron chi connectivity index (χ4n) is 4.97. The summed E-state index contributed by atoms with van der Waals surface area (Å²) < 4.78 is 24.5. The second kappa shape index (κ2) is 9.14. The van der Waals surface area contributed by atoms with Crippen molar-refractivity contribution in [2.24, 2.45) is 11.8 Å². The SMILES string of the molecule is CCOc1ccc2c(c1)[C@H]1O[C@@H](COc3ccc(C(C)(C)C)cc3)[C@@H](C(=O)O)C[C@@H]1C(C)(C)O2. The molecule has 2 aromatic rings. The van der Waals surface area contributed by atoms with Crippen LogP contribution >= 0.6 is 0 Å². The van der Waals surface area contributed by atoms with Gasteiger partial charge in [0, 0.05) is 11.5 Å². The summed E-state index contributed by atoms with van der Waals surface area (Å²) in [6, 6.07) is 13.7. The Morgan fingerprint density at radius 3 is 2.38 bits per heavy atom. The van der Waals surface area contributed by atoms with Crippen molar-refractivity contribution in [3.63, 3.8) is 0 Å². The number of rotatable bonds is 6. The Morgan fingerprint density at radius 1 is 1.09 bits per heavy atom. The molecule has 4 rings (SSSR count). The summed E-state index contributed by atoms with van der Waals surface area (Å²) in [6.07, 6.45) is -0.437. The molecule has 4 atom stereocenters. The number of ether oxygens (including phenoxy) is 4. The van der Waals surface area contributed by atoms with Gasteiger partial charge in [0.1, 0.15) is 35.6 Å². The molecule has 2 aromatic carbocycles. The van der Waals surface area contributed by atoms with Gasteiger partial charge in [0.05, 0.1) is 18.6 Å². The van der Waals surface area contributed by atoms with Gasteiger partial charge in [0.15, 0.2) is 0 Å². The van der Waals surface area contributed by atoms with E-state index >= 15 is 0 Å². The van der Waals surface area contributed by atoms with E-state index in [0.717, 1.165) is 17.1 Å². The molecular formula is C28H36O6. The van der Waals surface area contributed by atoms with E-state index in [1.165, 1.54) is 5.56 Å². The van der Waals surface area contributed by atoms with Crippen molar-refractivity contribution in [2.45, 2.75) is 71.2 Å². The van der Waals surface area contributed by atoms with Gasteiger partial charge >= 0.3 is 5.97 Å². The Bertz CT molecular complexity index is 1020. The molecule has 1 N–H and O–H groups in total. The van der Waals surface area contributed by atoms with E-state index in [4.69, 9.17) is 18.9 Å². The van der Waals surface area contributed by atoms with Crippen LogP contribution in [0, 0.1) is 11.8 Å². The number of carbonyl (C=O) groups is 1. The van der Waals surface area contributed by atoms with Crippen molar-refractivity contribution < 1.29 is 28.8 Å². The van der Waals surface area contributed by atoms with Gasteiger partial charge in [-0.25, -0.2) is 0 Å². The molecule has 0 radical (unpaired) electrons. The second-order valence-corrected chi connectivity index (χ2v) is 10.8. The molecule has 6 nitrogen and oxygen atoms in total. The van der Waals surface area contributed by atoms with Gasteiger partial charge in [-0.2, -0.15) is 0 Å². The number of carboxylic acid groups (broad SMARTS) is 1. The fraction of sp³-hybridized carbons (Fsp3) is 0.536. The van der Waals surface area contributed by atoms with Crippen molar-refractivity contribution in [3.05, 3.63) is 53.6 Å². The Balaban J connectivity index is 1.58. The first-order valence-electron chi connectivity index (χ1n) is 12.1. The topological polar surface area (TPSA) is 74.2 Å². The number of aliphatic carboxylic acids is 1. The molecule has 0 aromatic heterocycles. The van der Waals surface area contributed by atoms with Crippen LogP contribution in [-0.2, 0) is 14.9 Å². The van der Waals surface area contributed by atoms with Crippen LogP contribution in [0.5, 0.6) is 17.2 Å². The first-order valence-corrected chi connectivity index (χ1v) is 12.1. The van der Waals surface area contributed by atoms with Crippen LogP contribution in [0.2, 0.25) is 0 Å². The molecule has 34 heavy (non-hydrogen) atoms. The van der Waals surface area contributed by atoms with Crippen LogP contribution in [0.1, 0.15) is 65.2 Å². The van der Waals surface area contributed by atoms with E-state index < -0.39 is 23.6 Å². The van der Waals surface area contributed by atoms with Gasteiger partial charge in [-0.1, -0.05) is 32.9 Å². The minimum Gasteiger partial charge on any atom is -0.494 e. The van der Waals surface area contributed by atoms with Crippen molar-refractivity contribution in [1.82, 2.24) is 0 Å². The highest BCUT2D eigenvalue weighted by molar-refractivity contribution is 5.71. The van der Waals surface area contributed by atoms with Gasteiger partial charge in [-0.15, -0.1) is 0 Å². The number of carboxylic acids is 1. The van der Waals surface area contributed by atoms with E-state index in [1.807, 2.05) is 63.2 Å². The van der Waals surface area contributed by atoms with E-state index in [0.29, 0.717) is 18.8 Å². The van der Waals surface area contributed by atoms with Gasteiger partial charge < -0.3 is 24.1 Å². The van der Waals surface area contributed by atoms with Crippen molar-refractivity contribution in [2.75, 3.05) is 13.2 Å². The highest BCUT2D eigenvalue weighted by Crippen LogP contribution is 2.52. The van der Waals surface area contributed by atoms with Crippen LogP contribution in [0.3, 0.4) is 0 Å². The lowest BCUT2D eigenvalue weighted by Gasteiger charge is -2.50. The summed E-state index contributed by atoms with van der Waals surface area (Å²) in [5.41, 5.74) is 1.61. The lowest BCUT2D eigenvalue weighted by molar-refractivity contribution is -0.192. The first kappa shape index (κ1) is 24.4. The monoisotopic (exact) mass is 468 g/mol.